The van der Waals surface area contributed by atoms with Crippen LogP contribution in [0.4, 0.5) is 5.69 Å². The van der Waals surface area contributed by atoms with Gasteiger partial charge in [-0.15, -0.1) is 0 Å². The minimum atomic E-state index is -3.36. The molecular weight excluding hydrogens is 332 g/mol. The number of methoxy groups -OCH3 is 1. The Morgan fingerprint density at radius 2 is 2.26 bits per heavy atom. The maximum absolute atomic E-state index is 12.2. The quantitative estimate of drug-likeness (QED) is 0.872. The lowest BCUT2D eigenvalue weighted by Crippen LogP contribution is -2.41. The van der Waals surface area contributed by atoms with Gasteiger partial charge in [0.25, 0.3) is 0 Å². The molecule has 1 aliphatic rings. The Morgan fingerprint density at radius 3 is 2.89 bits per heavy atom. The molecule has 5 nitrogen and oxygen atoms in total. The van der Waals surface area contributed by atoms with Gasteiger partial charge in [-0.2, -0.15) is 0 Å². The lowest BCUT2D eigenvalue weighted by atomic mass is 10.2. The Morgan fingerprint density at radius 1 is 1.47 bits per heavy atom. The molecule has 1 aromatic rings. The number of ether oxygens (including phenoxy) is 1. The topological polar surface area (TPSA) is 67.4 Å². The van der Waals surface area contributed by atoms with E-state index in [0.29, 0.717) is 24.4 Å². The Hall–Kier alpha value is -0.790. The second-order valence-corrected chi connectivity index (χ2v) is 7.28. The predicted octanol–water partition coefficient (Wildman–Crippen LogP) is 1.95. The second-order valence-electron chi connectivity index (χ2n) is 4.46. The van der Waals surface area contributed by atoms with Crippen molar-refractivity contribution in [2.45, 2.75) is 18.1 Å². The molecular formula is C12H17BrN2O3S. The summed E-state index contributed by atoms with van der Waals surface area (Å²) in [5.74, 6) is 0.599. The zero-order valence-electron chi connectivity index (χ0n) is 10.6. The van der Waals surface area contributed by atoms with E-state index in [4.69, 9.17) is 4.74 Å². The lowest BCUT2D eigenvalue weighted by molar-refractivity contribution is 0.412. The van der Waals surface area contributed by atoms with Crippen LogP contribution in [0.2, 0.25) is 0 Å². The molecule has 0 spiro atoms. The summed E-state index contributed by atoms with van der Waals surface area (Å²) in [5, 5.41) is 2.73. The standard InChI is InChI=1S/C12H17BrN2O3S/c1-18-12-7-9(4-5-11(12)13)15-19(16,17)10-3-2-6-14-8-10/h4-5,7,10,14-15H,2-3,6,8H2,1H3. The monoisotopic (exact) mass is 348 g/mol. The van der Waals surface area contributed by atoms with Gasteiger partial charge in [0, 0.05) is 12.6 Å². The molecule has 19 heavy (non-hydrogen) atoms. The zero-order chi connectivity index (χ0) is 13.9. The third kappa shape index (κ3) is 3.61. The molecule has 0 bridgehead atoms. The first kappa shape index (κ1) is 14.6. The van der Waals surface area contributed by atoms with Crippen LogP contribution in [0.3, 0.4) is 0 Å². The van der Waals surface area contributed by atoms with Gasteiger partial charge in [0.15, 0.2) is 0 Å². The first-order chi connectivity index (χ1) is 9.03. The Balaban J connectivity index is 2.15. The Bertz CT molecular complexity index is 542. The van der Waals surface area contributed by atoms with Gasteiger partial charge in [-0.25, -0.2) is 8.42 Å². The number of sulfonamides is 1. The molecule has 0 saturated carbocycles. The summed E-state index contributed by atoms with van der Waals surface area (Å²) in [6.45, 7) is 1.39. The highest BCUT2D eigenvalue weighted by Crippen LogP contribution is 2.28. The maximum atomic E-state index is 12.2. The van der Waals surface area contributed by atoms with Crippen LogP contribution >= 0.6 is 15.9 Å². The molecule has 1 unspecified atom stereocenters. The van der Waals surface area contributed by atoms with E-state index in [1.54, 1.807) is 25.3 Å². The van der Waals surface area contributed by atoms with E-state index < -0.39 is 10.0 Å². The molecule has 1 saturated heterocycles. The third-order valence-electron chi connectivity index (χ3n) is 3.10. The summed E-state index contributed by atoms with van der Waals surface area (Å²) in [5.41, 5.74) is 0.519. The van der Waals surface area contributed by atoms with Crippen molar-refractivity contribution >= 4 is 31.6 Å². The average molecular weight is 349 g/mol. The van der Waals surface area contributed by atoms with E-state index in [0.717, 1.165) is 17.4 Å². The zero-order valence-corrected chi connectivity index (χ0v) is 13.1. The lowest BCUT2D eigenvalue weighted by Gasteiger charge is -2.23. The van der Waals surface area contributed by atoms with Crippen LogP contribution in [-0.2, 0) is 10.0 Å². The van der Waals surface area contributed by atoms with Crippen LogP contribution in [0.1, 0.15) is 12.8 Å². The molecule has 2 N–H and O–H groups in total. The minimum absolute atomic E-state index is 0.379. The first-order valence-electron chi connectivity index (χ1n) is 6.09. The predicted molar refractivity (Wildman–Crippen MR) is 79.1 cm³/mol. The molecule has 0 aliphatic carbocycles. The Labute approximate surface area is 121 Å². The maximum Gasteiger partial charge on any atom is 0.236 e. The highest BCUT2D eigenvalue weighted by Gasteiger charge is 2.27. The van der Waals surface area contributed by atoms with Crippen molar-refractivity contribution in [2.24, 2.45) is 0 Å². The van der Waals surface area contributed by atoms with Crippen molar-refractivity contribution in [1.29, 1.82) is 0 Å². The fourth-order valence-corrected chi connectivity index (χ4v) is 3.90. The van der Waals surface area contributed by atoms with E-state index >= 15 is 0 Å². The highest BCUT2D eigenvalue weighted by molar-refractivity contribution is 9.10. The fraction of sp³-hybridized carbons (Fsp3) is 0.500. The van der Waals surface area contributed by atoms with Crippen molar-refractivity contribution in [3.05, 3.63) is 22.7 Å². The van der Waals surface area contributed by atoms with Gasteiger partial charge in [0.1, 0.15) is 5.75 Å². The number of anilines is 1. The van der Waals surface area contributed by atoms with Crippen LogP contribution < -0.4 is 14.8 Å². The number of nitrogens with one attached hydrogen (secondary N) is 2. The SMILES string of the molecule is COc1cc(NS(=O)(=O)C2CCCNC2)ccc1Br. The summed E-state index contributed by atoms with van der Waals surface area (Å²) in [7, 11) is -1.81. The summed E-state index contributed by atoms with van der Waals surface area (Å²) >= 11 is 3.33. The van der Waals surface area contributed by atoms with Crippen molar-refractivity contribution in [1.82, 2.24) is 5.32 Å². The van der Waals surface area contributed by atoms with Gasteiger partial charge in [0.05, 0.1) is 22.5 Å². The van der Waals surface area contributed by atoms with E-state index in [1.165, 1.54) is 0 Å². The van der Waals surface area contributed by atoms with E-state index in [-0.39, 0.29) is 5.25 Å². The van der Waals surface area contributed by atoms with E-state index in [9.17, 15) is 8.42 Å². The summed E-state index contributed by atoms with van der Waals surface area (Å²) in [6, 6.07) is 5.13. The molecule has 0 radical (unpaired) electrons. The van der Waals surface area contributed by atoms with E-state index in [2.05, 4.69) is 26.0 Å². The molecule has 106 valence electrons. The fourth-order valence-electron chi connectivity index (χ4n) is 2.06. The van der Waals surface area contributed by atoms with Crippen LogP contribution in [0.5, 0.6) is 5.75 Å². The van der Waals surface area contributed by atoms with Gasteiger partial charge < -0.3 is 10.1 Å². The largest absolute Gasteiger partial charge is 0.495 e. The molecule has 2 rings (SSSR count). The van der Waals surface area contributed by atoms with Crippen molar-refractivity contribution in [2.75, 3.05) is 24.9 Å². The molecule has 1 aliphatic heterocycles. The average Bonchev–Trinajstić information content (AvgIpc) is 2.42. The van der Waals surface area contributed by atoms with Crippen molar-refractivity contribution in [3.8, 4) is 5.75 Å². The molecule has 1 atom stereocenters. The van der Waals surface area contributed by atoms with Crippen LogP contribution in [0.25, 0.3) is 0 Å². The summed E-state index contributed by atoms with van der Waals surface area (Å²) in [6.07, 6.45) is 1.57. The molecule has 0 aromatic heterocycles. The van der Waals surface area contributed by atoms with Gasteiger partial charge in [-0.3, -0.25) is 4.72 Å². The van der Waals surface area contributed by atoms with Gasteiger partial charge in [-0.1, -0.05) is 0 Å². The van der Waals surface area contributed by atoms with Crippen molar-refractivity contribution in [3.63, 3.8) is 0 Å². The van der Waals surface area contributed by atoms with Gasteiger partial charge >= 0.3 is 0 Å². The smallest absolute Gasteiger partial charge is 0.236 e. The summed E-state index contributed by atoms with van der Waals surface area (Å²) < 4.78 is 33.0. The number of rotatable bonds is 4. The normalized spacial score (nSPS) is 20.0. The van der Waals surface area contributed by atoms with Crippen LogP contribution in [-0.4, -0.2) is 33.9 Å². The molecule has 1 aromatic carbocycles. The van der Waals surface area contributed by atoms with Gasteiger partial charge in [0.2, 0.25) is 10.0 Å². The Kier molecular flexibility index (Phi) is 4.70. The second kappa shape index (κ2) is 6.11. The highest BCUT2D eigenvalue weighted by atomic mass is 79.9. The number of piperidine rings is 1. The first-order valence-corrected chi connectivity index (χ1v) is 8.43. The third-order valence-corrected chi connectivity index (χ3v) is 5.56. The minimum Gasteiger partial charge on any atom is -0.495 e. The molecule has 1 fully saturated rings. The van der Waals surface area contributed by atoms with Gasteiger partial charge in [-0.05, 0) is 47.4 Å². The molecule has 7 heteroatoms. The van der Waals surface area contributed by atoms with E-state index in [1.807, 2.05) is 0 Å². The van der Waals surface area contributed by atoms with Crippen LogP contribution in [0.15, 0.2) is 22.7 Å². The van der Waals surface area contributed by atoms with Crippen molar-refractivity contribution < 1.29 is 13.2 Å². The number of hydrogen-bond donors (Lipinski definition) is 2. The number of hydrogen-bond acceptors (Lipinski definition) is 4. The molecule has 0 amide bonds. The summed E-state index contributed by atoms with van der Waals surface area (Å²) in [4.78, 5) is 0. The molecule has 1 heterocycles. The van der Waals surface area contributed by atoms with Crippen LogP contribution in [0, 0.1) is 0 Å². The number of benzene rings is 1. The number of halogens is 1.